The molecule has 0 heterocycles. The summed E-state index contributed by atoms with van der Waals surface area (Å²) in [5.41, 5.74) is 7.02. The van der Waals surface area contributed by atoms with Crippen molar-refractivity contribution in [2.24, 2.45) is 10.7 Å². The fourth-order valence-corrected chi connectivity index (χ4v) is 0.822. The van der Waals surface area contributed by atoms with E-state index in [1.54, 1.807) is 6.20 Å². The van der Waals surface area contributed by atoms with Crippen LogP contribution in [-0.2, 0) is 0 Å². The molecule has 0 aliphatic rings. The van der Waals surface area contributed by atoms with Crippen LogP contribution in [0.3, 0.4) is 0 Å². The third-order valence-electron chi connectivity index (χ3n) is 1.76. The molecule has 1 atom stereocenters. The lowest BCUT2D eigenvalue weighted by Gasteiger charge is -2.14. The summed E-state index contributed by atoms with van der Waals surface area (Å²) < 4.78 is 0.789. The van der Waals surface area contributed by atoms with Gasteiger partial charge in [-0.3, -0.25) is 4.99 Å². The van der Waals surface area contributed by atoms with E-state index in [0.29, 0.717) is 11.7 Å². The Labute approximate surface area is 94.3 Å². The molecule has 0 unspecified atom stereocenters. The average molecular weight is 260 g/mol. The molecule has 0 aromatic heterocycles. The Hall–Kier alpha value is -0.770. The topological polar surface area (TPSA) is 50.4 Å². The molecule has 0 saturated carbocycles. The second-order valence-corrected chi connectivity index (χ2v) is 4.29. The number of aliphatic imine (C=N–C) groups is 1. The van der Waals surface area contributed by atoms with Crippen molar-refractivity contribution in [1.82, 2.24) is 5.32 Å². The molecule has 0 radical (unpaired) electrons. The summed E-state index contributed by atoms with van der Waals surface area (Å²) in [5.74, 6) is 0. The molecule has 4 heteroatoms. The first-order valence-electron chi connectivity index (χ1n) is 4.58. The highest BCUT2D eigenvalue weighted by Crippen LogP contribution is 2.01. The second kappa shape index (κ2) is 6.65. The van der Waals surface area contributed by atoms with Crippen molar-refractivity contribution in [3.63, 3.8) is 0 Å². The molecule has 0 saturated heterocycles. The van der Waals surface area contributed by atoms with Crippen LogP contribution in [0.15, 0.2) is 29.2 Å². The van der Waals surface area contributed by atoms with Crippen molar-refractivity contribution in [2.75, 3.05) is 0 Å². The van der Waals surface area contributed by atoms with E-state index >= 15 is 0 Å². The molecule has 0 spiro atoms. The number of nitrogens with one attached hydrogen (secondary N) is 1. The highest BCUT2D eigenvalue weighted by molar-refractivity contribution is 9.18. The molecule has 3 N–H and O–H groups in total. The fourth-order valence-electron chi connectivity index (χ4n) is 0.719. The van der Waals surface area contributed by atoms with Crippen LogP contribution in [0.25, 0.3) is 0 Å². The standard InChI is InChI=1S/C10H18BrN3/c1-5-7(2)14-8(3)10(12)6-13-9(4)11/h6-7,14H,3,5,12H2,1-2,4H3/b10-6+,13-9+/t7-/m1/s1. The van der Waals surface area contributed by atoms with Crippen molar-refractivity contribution in [3.8, 4) is 0 Å². The summed E-state index contributed by atoms with van der Waals surface area (Å²) in [6.45, 7) is 9.86. The predicted octanol–water partition coefficient (Wildman–Crippen LogP) is 2.50. The maximum Gasteiger partial charge on any atom is 0.0799 e. The van der Waals surface area contributed by atoms with Gasteiger partial charge in [0, 0.05) is 6.04 Å². The van der Waals surface area contributed by atoms with Crippen LogP contribution in [0.5, 0.6) is 0 Å². The summed E-state index contributed by atoms with van der Waals surface area (Å²) >= 11 is 3.22. The van der Waals surface area contributed by atoms with Gasteiger partial charge in [-0.25, -0.2) is 0 Å². The zero-order chi connectivity index (χ0) is 11.1. The Morgan fingerprint density at radius 3 is 2.71 bits per heavy atom. The van der Waals surface area contributed by atoms with Gasteiger partial charge in [0.2, 0.25) is 0 Å². The zero-order valence-electron chi connectivity index (χ0n) is 8.97. The van der Waals surface area contributed by atoms with Crippen LogP contribution >= 0.6 is 15.9 Å². The molecule has 0 fully saturated rings. The number of hydrogen-bond donors (Lipinski definition) is 2. The van der Waals surface area contributed by atoms with E-state index < -0.39 is 0 Å². The third-order valence-corrected chi connectivity index (χ3v) is 1.97. The van der Waals surface area contributed by atoms with Gasteiger partial charge in [0.05, 0.1) is 22.2 Å². The number of rotatable bonds is 5. The Kier molecular flexibility index (Phi) is 6.28. The summed E-state index contributed by atoms with van der Waals surface area (Å²) in [4.78, 5) is 4.02. The number of hydrogen-bond acceptors (Lipinski definition) is 3. The molecule has 80 valence electrons. The SMILES string of the molecule is C=C(N[C@H](C)CC)/C(N)=C\N=C(/C)Br. The fraction of sp³-hybridized carbons (Fsp3) is 0.500. The van der Waals surface area contributed by atoms with Gasteiger partial charge >= 0.3 is 0 Å². The first-order valence-corrected chi connectivity index (χ1v) is 5.38. The van der Waals surface area contributed by atoms with Gasteiger partial charge in [-0.05, 0) is 36.2 Å². The maximum absolute atomic E-state index is 5.74. The Balaban J connectivity index is 4.25. The summed E-state index contributed by atoms with van der Waals surface area (Å²) in [6, 6.07) is 0.378. The molecule has 0 aliphatic heterocycles. The summed E-state index contributed by atoms with van der Waals surface area (Å²) in [5, 5.41) is 3.18. The van der Waals surface area contributed by atoms with Crippen molar-refractivity contribution in [3.05, 3.63) is 24.2 Å². The second-order valence-electron chi connectivity index (χ2n) is 3.14. The molecule has 0 aliphatic carbocycles. The molecular weight excluding hydrogens is 242 g/mol. The molecule has 0 rings (SSSR count). The molecule has 0 aromatic carbocycles. The van der Waals surface area contributed by atoms with Gasteiger partial charge in [0.25, 0.3) is 0 Å². The lowest BCUT2D eigenvalue weighted by atomic mass is 10.2. The predicted molar refractivity (Wildman–Crippen MR) is 66.3 cm³/mol. The van der Waals surface area contributed by atoms with E-state index in [2.05, 4.69) is 46.7 Å². The molecule has 0 aromatic rings. The minimum absolute atomic E-state index is 0.378. The van der Waals surface area contributed by atoms with Gasteiger partial charge in [0.1, 0.15) is 0 Å². The van der Waals surface area contributed by atoms with E-state index in [0.717, 1.165) is 16.7 Å². The Bertz CT molecular complexity index is 252. The molecule has 0 amide bonds. The van der Waals surface area contributed by atoms with Gasteiger partial charge in [-0.15, -0.1) is 0 Å². The monoisotopic (exact) mass is 259 g/mol. The van der Waals surface area contributed by atoms with Crippen molar-refractivity contribution in [1.29, 1.82) is 0 Å². The van der Waals surface area contributed by atoms with Gasteiger partial charge in [-0.2, -0.15) is 0 Å². The van der Waals surface area contributed by atoms with Gasteiger partial charge in [-0.1, -0.05) is 13.5 Å². The van der Waals surface area contributed by atoms with Crippen LogP contribution in [-0.4, -0.2) is 10.7 Å². The Morgan fingerprint density at radius 1 is 1.71 bits per heavy atom. The smallest absolute Gasteiger partial charge is 0.0799 e. The minimum atomic E-state index is 0.378. The number of nitrogens with two attached hydrogens (primary N) is 1. The molecular formula is C10H18BrN3. The van der Waals surface area contributed by atoms with E-state index in [1.165, 1.54) is 0 Å². The van der Waals surface area contributed by atoms with Crippen molar-refractivity contribution >= 4 is 20.6 Å². The van der Waals surface area contributed by atoms with Gasteiger partial charge in [0.15, 0.2) is 0 Å². The van der Waals surface area contributed by atoms with Crippen LogP contribution in [0.2, 0.25) is 0 Å². The summed E-state index contributed by atoms with van der Waals surface area (Å²) in [6.07, 6.45) is 2.62. The van der Waals surface area contributed by atoms with Crippen molar-refractivity contribution < 1.29 is 0 Å². The zero-order valence-corrected chi connectivity index (χ0v) is 10.6. The molecule has 3 nitrogen and oxygen atoms in total. The lowest BCUT2D eigenvalue weighted by Crippen LogP contribution is -2.26. The maximum atomic E-state index is 5.74. The number of halogens is 1. The quantitative estimate of drug-likeness (QED) is 0.589. The summed E-state index contributed by atoms with van der Waals surface area (Å²) in [7, 11) is 0. The van der Waals surface area contributed by atoms with E-state index in [1.807, 2.05) is 6.92 Å². The Morgan fingerprint density at radius 2 is 2.29 bits per heavy atom. The third kappa shape index (κ3) is 5.80. The highest BCUT2D eigenvalue weighted by Gasteiger charge is 2.01. The first kappa shape index (κ1) is 13.2. The lowest BCUT2D eigenvalue weighted by molar-refractivity contribution is 0.600. The average Bonchev–Trinajstić information content (AvgIpc) is 2.13. The van der Waals surface area contributed by atoms with Crippen LogP contribution in [0.4, 0.5) is 0 Å². The van der Waals surface area contributed by atoms with E-state index in [4.69, 9.17) is 5.73 Å². The van der Waals surface area contributed by atoms with Gasteiger partial charge < -0.3 is 11.1 Å². The van der Waals surface area contributed by atoms with E-state index in [-0.39, 0.29) is 0 Å². The van der Waals surface area contributed by atoms with Crippen molar-refractivity contribution in [2.45, 2.75) is 33.2 Å². The highest BCUT2D eigenvalue weighted by atomic mass is 79.9. The van der Waals surface area contributed by atoms with Crippen LogP contribution in [0, 0.1) is 0 Å². The molecule has 14 heavy (non-hydrogen) atoms. The largest absolute Gasteiger partial charge is 0.396 e. The van der Waals surface area contributed by atoms with E-state index in [9.17, 15) is 0 Å². The molecule has 0 bridgehead atoms. The normalized spacial score (nSPS) is 15.1. The number of nitrogens with zero attached hydrogens (tertiary/aromatic N) is 1. The van der Waals surface area contributed by atoms with Crippen LogP contribution in [0.1, 0.15) is 27.2 Å². The first-order chi connectivity index (χ1) is 6.47. The van der Waals surface area contributed by atoms with Crippen LogP contribution < -0.4 is 11.1 Å². The minimum Gasteiger partial charge on any atom is -0.396 e.